The van der Waals surface area contributed by atoms with E-state index in [9.17, 15) is 14.4 Å². The molecular weight excluding hydrogens is 336 g/mol. The molecule has 0 aliphatic carbocycles. The lowest BCUT2D eigenvalue weighted by Crippen LogP contribution is -2.42. The number of para-hydroxylation sites is 1. The van der Waals surface area contributed by atoms with E-state index in [1.165, 1.54) is 6.26 Å². The number of anilines is 1. The van der Waals surface area contributed by atoms with Crippen LogP contribution in [0.25, 0.3) is 0 Å². The van der Waals surface area contributed by atoms with Crippen molar-refractivity contribution in [2.75, 3.05) is 18.4 Å². The molecule has 1 aromatic heterocycles. The molecule has 26 heavy (non-hydrogen) atoms. The Kier molecular flexibility index (Phi) is 7.23. The van der Waals surface area contributed by atoms with Crippen LogP contribution < -0.4 is 21.3 Å². The number of rotatable bonds is 8. The first-order valence-electron chi connectivity index (χ1n) is 8.31. The number of imide groups is 1. The summed E-state index contributed by atoms with van der Waals surface area (Å²) in [5.74, 6) is -0.156. The Morgan fingerprint density at radius 1 is 1.04 bits per heavy atom. The van der Waals surface area contributed by atoms with Gasteiger partial charge in [-0.2, -0.15) is 0 Å². The first-order valence-corrected chi connectivity index (χ1v) is 8.31. The molecule has 0 aliphatic rings. The van der Waals surface area contributed by atoms with Gasteiger partial charge >= 0.3 is 6.03 Å². The Morgan fingerprint density at radius 3 is 2.58 bits per heavy atom. The molecule has 0 radical (unpaired) electrons. The predicted molar refractivity (Wildman–Crippen MR) is 96.6 cm³/mol. The normalized spacial score (nSPS) is 10.0. The molecule has 0 atom stereocenters. The number of benzene rings is 1. The summed E-state index contributed by atoms with van der Waals surface area (Å²) in [4.78, 5) is 35.6. The number of carbonyl (C=O) groups excluding carboxylic acids is 3. The fraction of sp³-hybridized carbons (Fsp3) is 0.278. The summed E-state index contributed by atoms with van der Waals surface area (Å²) in [5.41, 5.74) is 0.885. The van der Waals surface area contributed by atoms with Crippen molar-refractivity contribution in [3.8, 4) is 0 Å². The zero-order valence-electron chi connectivity index (χ0n) is 14.5. The molecular formula is C18H22N4O4. The van der Waals surface area contributed by atoms with Crippen LogP contribution in [-0.4, -0.2) is 30.9 Å². The molecule has 0 unspecified atom stereocenters. The van der Waals surface area contributed by atoms with Gasteiger partial charge in [-0.3, -0.25) is 14.9 Å². The first-order chi connectivity index (χ1) is 12.6. The monoisotopic (exact) mass is 358 g/mol. The van der Waals surface area contributed by atoms with Crippen LogP contribution >= 0.6 is 0 Å². The molecule has 8 heteroatoms. The minimum absolute atomic E-state index is 0.137. The van der Waals surface area contributed by atoms with Crippen molar-refractivity contribution < 1.29 is 18.8 Å². The largest absolute Gasteiger partial charge is 0.467 e. The number of hydrogen-bond donors (Lipinski definition) is 4. The average Bonchev–Trinajstić information content (AvgIpc) is 3.16. The zero-order chi connectivity index (χ0) is 18.8. The highest BCUT2D eigenvalue weighted by Gasteiger charge is 2.13. The molecule has 0 saturated heterocycles. The number of furan rings is 1. The van der Waals surface area contributed by atoms with Crippen molar-refractivity contribution in [1.29, 1.82) is 0 Å². The standard InChI is InChI=1S/C18H22N4O4/c1-2-9-19-18(25)22-16(23)12-20-15-8-4-3-7-14(15)17(24)21-11-13-6-5-10-26-13/h3-8,10,20H,2,9,11-12H2,1H3,(H,21,24)(H2,19,22,23,25). The molecule has 2 aromatic rings. The molecule has 1 aromatic carbocycles. The topological polar surface area (TPSA) is 112 Å². The van der Waals surface area contributed by atoms with E-state index in [0.717, 1.165) is 6.42 Å². The highest BCUT2D eigenvalue weighted by molar-refractivity contribution is 6.01. The highest BCUT2D eigenvalue weighted by Crippen LogP contribution is 2.14. The minimum Gasteiger partial charge on any atom is -0.467 e. The van der Waals surface area contributed by atoms with E-state index in [-0.39, 0.29) is 19.0 Å². The van der Waals surface area contributed by atoms with E-state index >= 15 is 0 Å². The smallest absolute Gasteiger partial charge is 0.321 e. The third-order valence-electron chi connectivity index (χ3n) is 3.40. The third kappa shape index (κ3) is 5.97. The van der Waals surface area contributed by atoms with E-state index in [2.05, 4.69) is 21.3 Å². The molecule has 0 fully saturated rings. The molecule has 0 saturated carbocycles. The lowest BCUT2D eigenvalue weighted by atomic mass is 10.1. The van der Waals surface area contributed by atoms with Gasteiger partial charge in [-0.1, -0.05) is 19.1 Å². The van der Waals surface area contributed by atoms with Gasteiger partial charge in [-0.25, -0.2) is 4.79 Å². The lowest BCUT2D eigenvalue weighted by Gasteiger charge is -2.12. The van der Waals surface area contributed by atoms with Crippen molar-refractivity contribution in [2.45, 2.75) is 19.9 Å². The van der Waals surface area contributed by atoms with Gasteiger partial charge in [0.25, 0.3) is 5.91 Å². The van der Waals surface area contributed by atoms with Crippen molar-refractivity contribution >= 4 is 23.5 Å². The van der Waals surface area contributed by atoms with Crippen LogP contribution in [0, 0.1) is 0 Å². The molecule has 4 N–H and O–H groups in total. The molecule has 1 heterocycles. The first kappa shape index (κ1) is 19.0. The number of nitrogens with one attached hydrogen (secondary N) is 4. The summed E-state index contributed by atoms with van der Waals surface area (Å²) >= 11 is 0. The SMILES string of the molecule is CCCNC(=O)NC(=O)CNc1ccccc1C(=O)NCc1ccco1. The third-order valence-corrected chi connectivity index (χ3v) is 3.40. The molecule has 0 spiro atoms. The van der Waals surface area contributed by atoms with Gasteiger partial charge in [0, 0.05) is 12.2 Å². The number of hydrogen-bond acceptors (Lipinski definition) is 5. The molecule has 2 rings (SSSR count). The van der Waals surface area contributed by atoms with Crippen LogP contribution in [0.2, 0.25) is 0 Å². The Labute approximate surface area is 151 Å². The molecule has 4 amide bonds. The second-order valence-electron chi connectivity index (χ2n) is 5.47. The van der Waals surface area contributed by atoms with Gasteiger partial charge in [-0.05, 0) is 30.7 Å². The summed E-state index contributed by atoms with van der Waals surface area (Å²) in [7, 11) is 0. The fourth-order valence-electron chi connectivity index (χ4n) is 2.14. The van der Waals surface area contributed by atoms with Crippen LogP contribution in [0.1, 0.15) is 29.5 Å². The summed E-state index contributed by atoms with van der Waals surface area (Å²) in [5, 5.41) is 10.4. The number of amides is 4. The van der Waals surface area contributed by atoms with Crippen LogP contribution in [0.4, 0.5) is 10.5 Å². The maximum atomic E-state index is 12.3. The van der Waals surface area contributed by atoms with Crippen molar-refractivity contribution in [3.63, 3.8) is 0 Å². The molecule has 0 aliphatic heterocycles. The highest BCUT2D eigenvalue weighted by atomic mass is 16.3. The van der Waals surface area contributed by atoms with Crippen LogP contribution in [-0.2, 0) is 11.3 Å². The van der Waals surface area contributed by atoms with E-state index in [4.69, 9.17) is 4.42 Å². The van der Waals surface area contributed by atoms with E-state index in [1.54, 1.807) is 36.4 Å². The van der Waals surface area contributed by atoms with E-state index in [1.807, 2.05) is 6.92 Å². The van der Waals surface area contributed by atoms with Gasteiger partial charge < -0.3 is 20.4 Å². The second kappa shape index (κ2) is 9.87. The Hall–Kier alpha value is -3.29. The number of urea groups is 1. The number of carbonyl (C=O) groups is 3. The van der Waals surface area contributed by atoms with Crippen LogP contribution in [0.5, 0.6) is 0 Å². The second-order valence-corrected chi connectivity index (χ2v) is 5.47. The summed E-state index contributed by atoms with van der Waals surface area (Å²) in [6.07, 6.45) is 2.31. The summed E-state index contributed by atoms with van der Waals surface area (Å²) in [6.45, 7) is 2.53. The van der Waals surface area contributed by atoms with E-state index in [0.29, 0.717) is 23.6 Å². The Morgan fingerprint density at radius 2 is 1.85 bits per heavy atom. The van der Waals surface area contributed by atoms with Crippen molar-refractivity contribution in [1.82, 2.24) is 16.0 Å². The predicted octanol–water partition coefficient (Wildman–Crippen LogP) is 1.86. The van der Waals surface area contributed by atoms with Gasteiger partial charge in [0.15, 0.2) is 0 Å². The quantitative estimate of drug-likeness (QED) is 0.575. The van der Waals surface area contributed by atoms with Crippen molar-refractivity contribution in [2.24, 2.45) is 0 Å². The molecule has 8 nitrogen and oxygen atoms in total. The zero-order valence-corrected chi connectivity index (χ0v) is 14.5. The van der Waals surface area contributed by atoms with Gasteiger partial charge in [0.05, 0.1) is 24.9 Å². The Bertz CT molecular complexity index is 743. The maximum Gasteiger partial charge on any atom is 0.321 e. The lowest BCUT2D eigenvalue weighted by molar-refractivity contribution is -0.118. The van der Waals surface area contributed by atoms with Gasteiger partial charge in [0.1, 0.15) is 5.76 Å². The maximum absolute atomic E-state index is 12.3. The van der Waals surface area contributed by atoms with E-state index < -0.39 is 11.9 Å². The average molecular weight is 358 g/mol. The summed E-state index contributed by atoms with van der Waals surface area (Å²) in [6, 6.07) is 9.77. The molecule has 0 bridgehead atoms. The van der Waals surface area contributed by atoms with Gasteiger partial charge in [-0.15, -0.1) is 0 Å². The minimum atomic E-state index is -0.539. The summed E-state index contributed by atoms with van der Waals surface area (Å²) < 4.78 is 5.17. The van der Waals surface area contributed by atoms with Crippen molar-refractivity contribution in [3.05, 3.63) is 54.0 Å². The Balaban J connectivity index is 1.88. The van der Waals surface area contributed by atoms with Crippen LogP contribution in [0.3, 0.4) is 0 Å². The van der Waals surface area contributed by atoms with Gasteiger partial charge in [0.2, 0.25) is 5.91 Å². The molecule has 138 valence electrons. The van der Waals surface area contributed by atoms with Crippen LogP contribution in [0.15, 0.2) is 47.1 Å². The fourth-order valence-corrected chi connectivity index (χ4v) is 2.14.